The minimum absolute atomic E-state index is 0.0795. The van der Waals surface area contributed by atoms with Gasteiger partial charge >= 0.3 is 0 Å². The summed E-state index contributed by atoms with van der Waals surface area (Å²) in [5.41, 5.74) is 3.52. The Morgan fingerprint density at radius 1 is 1.21 bits per heavy atom. The molecule has 0 saturated heterocycles. The fourth-order valence-corrected chi connectivity index (χ4v) is 3.67. The average Bonchev–Trinajstić information content (AvgIpc) is 3.15. The maximum absolute atomic E-state index is 12.7. The molecule has 0 unspecified atom stereocenters. The molecule has 2 N–H and O–H groups in total. The number of hydrogen-bond donors (Lipinski definition) is 2. The maximum atomic E-state index is 12.7. The van der Waals surface area contributed by atoms with Gasteiger partial charge in [0.05, 0.1) is 22.8 Å². The van der Waals surface area contributed by atoms with E-state index in [2.05, 4.69) is 26.5 Å². The Kier molecular flexibility index (Phi) is 5.85. The summed E-state index contributed by atoms with van der Waals surface area (Å²) in [4.78, 5) is 21.5. The number of aromatic nitrogens is 4. The zero-order valence-electron chi connectivity index (χ0n) is 18.3. The lowest BCUT2D eigenvalue weighted by molar-refractivity contribution is 0.0692. The minimum Gasteiger partial charge on any atom is -0.389 e. The molecule has 1 aromatic carbocycles. The first kappa shape index (κ1) is 22.4. The SMILES string of the molecule is Cc1cc(-c2c(-c3cccc(C#N)c3)nn3ccc(C(=O)NCC(C)(C)O)nc23)cc(Cl)n1. The fourth-order valence-electron chi connectivity index (χ4n) is 3.42. The Balaban J connectivity index is 1.92. The Labute approximate surface area is 195 Å². The number of carbonyl (C=O) groups is 1. The van der Waals surface area contributed by atoms with E-state index in [1.54, 1.807) is 54.9 Å². The van der Waals surface area contributed by atoms with Crippen LogP contribution in [0.4, 0.5) is 0 Å². The molecule has 1 amide bonds. The molecule has 8 nitrogen and oxygen atoms in total. The zero-order chi connectivity index (χ0) is 23.8. The third-order valence-corrected chi connectivity index (χ3v) is 5.07. The van der Waals surface area contributed by atoms with Gasteiger partial charge in [-0.05, 0) is 56.7 Å². The van der Waals surface area contributed by atoms with Crippen LogP contribution in [-0.2, 0) is 0 Å². The number of nitrogens with zero attached hydrogens (tertiary/aromatic N) is 5. The second-order valence-corrected chi connectivity index (χ2v) is 8.70. The zero-order valence-corrected chi connectivity index (χ0v) is 19.1. The summed E-state index contributed by atoms with van der Waals surface area (Å²) < 4.78 is 1.58. The molecule has 3 heterocycles. The third-order valence-electron chi connectivity index (χ3n) is 4.88. The number of carbonyl (C=O) groups excluding carboxylic acids is 1. The van der Waals surface area contributed by atoms with E-state index in [1.165, 1.54) is 0 Å². The number of fused-ring (bicyclic) bond motifs is 1. The van der Waals surface area contributed by atoms with Crippen LogP contribution in [0.15, 0.2) is 48.7 Å². The van der Waals surface area contributed by atoms with E-state index < -0.39 is 11.5 Å². The van der Waals surface area contributed by atoms with Gasteiger partial charge in [-0.2, -0.15) is 10.4 Å². The van der Waals surface area contributed by atoms with E-state index >= 15 is 0 Å². The van der Waals surface area contributed by atoms with Crippen molar-refractivity contribution >= 4 is 23.2 Å². The van der Waals surface area contributed by atoms with Crippen molar-refractivity contribution in [2.75, 3.05) is 6.54 Å². The van der Waals surface area contributed by atoms with Gasteiger partial charge in [0.25, 0.3) is 5.91 Å². The van der Waals surface area contributed by atoms with Gasteiger partial charge in [0.15, 0.2) is 5.65 Å². The second-order valence-electron chi connectivity index (χ2n) is 8.31. The third kappa shape index (κ3) is 4.85. The molecular weight excluding hydrogens is 440 g/mol. The Morgan fingerprint density at radius 3 is 2.70 bits per heavy atom. The number of nitriles is 1. The van der Waals surface area contributed by atoms with E-state index in [0.29, 0.717) is 33.3 Å². The topological polar surface area (TPSA) is 116 Å². The molecule has 33 heavy (non-hydrogen) atoms. The van der Waals surface area contributed by atoms with Gasteiger partial charge < -0.3 is 10.4 Å². The van der Waals surface area contributed by atoms with Crippen molar-refractivity contribution in [1.82, 2.24) is 24.9 Å². The monoisotopic (exact) mass is 460 g/mol. The van der Waals surface area contributed by atoms with Gasteiger partial charge in [0, 0.05) is 24.0 Å². The molecule has 0 aliphatic heterocycles. The van der Waals surface area contributed by atoms with E-state index in [0.717, 1.165) is 11.1 Å². The summed E-state index contributed by atoms with van der Waals surface area (Å²) in [5.74, 6) is -0.413. The second kappa shape index (κ2) is 8.62. The molecule has 0 aliphatic carbocycles. The van der Waals surface area contributed by atoms with Crippen LogP contribution in [0.5, 0.6) is 0 Å². The highest BCUT2D eigenvalue weighted by Crippen LogP contribution is 2.36. The van der Waals surface area contributed by atoms with Gasteiger partial charge in [-0.15, -0.1) is 0 Å². The lowest BCUT2D eigenvalue weighted by Gasteiger charge is -2.17. The normalized spacial score (nSPS) is 11.4. The van der Waals surface area contributed by atoms with Crippen molar-refractivity contribution in [2.45, 2.75) is 26.4 Å². The molecule has 166 valence electrons. The summed E-state index contributed by atoms with van der Waals surface area (Å²) >= 11 is 6.24. The molecule has 0 saturated carbocycles. The first-order valence-corrected chi connectivity index (χ1v) is 10.6. The molecule has 0 fully saturated rings. The number of benzene rings is 1. The largest absolute Gasteiger partial charge is 0.389 e. The van der Waals surface area contributed by atoms with Gasteiger partial charge in [-0.25, -0.2) is 14.5 Å². The molecule has 0 atom stereocenters. The van der Waals surface area contributed by atoms with Crippen LogP contribution >= 0.6 is 11.6 Å². The average molecular weight is 461 g/mol. The predicted octanol–water partition coefficient (Wildman–Crippen LogP) is 3.79. The van der Waals surface area contributed by atoms with E-state index in [4.69, 9.17) is 11.6 Å². The van der Waals surface area contributed by atoms with Crippen molar-refractivity contribution < 1.29 is 9.90 Å². The van der Waals surface area contributed by atoms with Crippen LogP contribution in [0.25, 0.3) is 28.0 Å². The number of rotatable bonds is 5. The predicted molar refractivity (Wildman–Crippen MR) is 125 cm³/mol. The van der Waals surface area contributed by atoms with Crippen molar-refractivity contribution in [3.63, 3.8) is 0 Å². The molecule has 0 aliphatic rings. The standard InChI is InChI=1S/C24H21ClN6O2/c1-14-9-17(11-19(25)28-14)20-21(16-6-4-5-15(10-16)12-26)30-31-8-7-18(29-22(20)31)23(32)27-13-24(2,3)33/h4-11,33H,13H2,1-3H3,(H,27,32). The van der Waals surface area contributed by atoms with Crippen molar-refractivity contribution in [2.24, 2.45) is 0 Å². The van der Waals surface area contributed by atoms with Crippen LogP contribution in [0.2, 0.25) is 5.15 Å². The van der Waals surface area contributed by atoms with Crippen molar-refractivity contribution in [1.29, 1.82) is 5.26 Å². The van der Waals surface area contributed by atoms with Crippen LogP contribution in [0.3, 0.4) is 0 Å². The van der Waals surface area contributed by atoms with Crippen molar-refractivity contribution in [3.05, 3.63) is 70.8 Å². The minimum atomic E-state index is -1.05. The molecular formula is C24H21ClN6O2. The highest BCUT2D eigenvalue weighted by Gasteiger charge is 2.21. The van der Waals surface area contributed by atoms with Crippen molar-refractivity contribution in [3.8, 4) is 28.5 Å². The molecule has 9 heteroatoms. The van der Waals surface area contributed by atoms with E-state index in [-0.39, 0.29) is 12.2 Å². The number of pyridine rings is 1. The molecule has 3 aromatic heterocycles. The first-order valence-electron chi connectivity index (χ1n) is 10.2. The first-order chi connectivity index (χ1) is 15.6. The molecule has 0 bridgehead atoms. The van der Waals surface area contributed by atoms with Crippen LogP contribution in [-0.4, -0.2) is 42.7 Å². The molecule has 4 rings (SSSR count). The summed E-state index contributed by atoms with van der Waals surface area (Å²) in [6.07, 6.45) is 1.65. The Hall–Kier alpha value is -3.80. The van der Waals surface area contributed by atoms with Gasteiger partial charge in [-0.1, -0.05) is 23.7 Å². The van der Waals surface area contributed by atoms with E-state index in [9.17, 15) is 15.2 Å². The number of nitrogens with one attached hydrogen (secondary N) is 1. The summed E-state index contributed by atoms with van der Waals surface area (Å²) in [6, 6.07) is 14.4. The van der Waals surface area contributed by atoms with Gasteiger partial charge in [0.1, 0.15) is 16.5 Å². The maximum Gasteiger partial charge on any atom is 0.270 e. The summed E-state index contributed by atoms with van der Waals surface area (Å²) in [5, 5.41) is 26.9. The van der Waals surface area contributed by atoms with Crippen LogP contribution < -0.4 is 5.32 Å². The summed E-state index contributed by atoms with van der Waals surface area (Å²) in [6.45, 7) is 5.13. The Morgan fingerprint density at radius 2 is 2.00 bits per heavy atom. The lowest BCUT2D eigenvalue weighted by atomic mass is 10.00. The van der Waals surface area contributed by atoms with Gasteiger partial charge in [-0.3, -0.25) is 4.79 Å². The number of halogens is 1. The Bertz CT molecular complexity index is 1390. The van der Waals surface area contributed by atoms with Crippen LogP contribution in [0, 0.1) is 18.3 Å². The fraction of sp³-hybridized carbons (Fsp3) is 0.208. The number of aryl methyl sites for hydroxylation is 1. The number of aliphatic hydroxyl groups is 1. The van der Waals surface area contributed by atoms with Gasteiger partial charge in [0.2, 0.25) is 0 Å². The highest BCUT2D eigenvalue weighted by molar-refractivity contribution is 6.29. The smallest absolute Gasteiger partial charge is 0.270 e. The summed E-state index contributed by atoms with van der Waals surface area (Å²) in [7, 11) is 0. The quantitative estimate of drug-likeness (QED) is 0.437. The van der Waals surface area contributed by atoms with E-state index in [1.807, 2.05) is 19.1 Å². The van der Waals surface area contributed by atoms with Crippen LogP contribution in [0.1, 0.15) is 35.6 Å². The number of hydrogen-bond acceptors (Lipinski definition) is 6. The lowest BCUT2D eigenvalue weighted by Crippen LogP contribution is -2.38. The molecule has 0 radical (unpaired) electrons. The molecule has 0 spiro atoms. The molecule has 4 aromatic rings. The number of amides is 1. The highest BCUT2D eigenvalue weighted by atomic mass is 35.5.